The second-order valence-corrected chi connectivity index (χ2v) is 9.67. The number of carbonyl (C=O) groups is 2. The lowest BCUT2D eigenvalue weighted by molar-refractivity contribution is -0.155. The van der Waals surface area contributed by atoms with Gasteiger partial charge < -0.3 is 15.0 Å². The van der Waals surface area contributed by atoms with E-state index in [4.69, 9.17) is 15.0 Å². The number of carbonyl (C=O) groups excluding carboxylic acids is 2. The van der Waals surface area contributed by atoms with Gasteiger partial charge >= 0.3 is 5.97 Å². The summed E-state index contributed by atoms with van der Waals surface area (Å²) < 4.78 is 11.1. The second-order valence-electron chi connectivity index (χ2n) is 9.67. The van der Waals surface area contributed by atoms with Gasteiger partial charge in [-0.25, -0.2) is 0 Å². The Balaban J connectivity index is 1.72. The number of nitrogens with two attached hydrogens (primary N) is 1. The first kappa shape index (κ1) is 23.9. The predicted octanol–water partition coefficient (Wildman–Crippen LogP) is 4.80. The average molecular weight is 443 g/mol. The van der Waals surface area contributed by atoms with E-state index in [1.807, 2.05) is 20.8 Å². The Morgan fingerprint density at radius 3 is 2.69 bits per heavy atom. The molecule has 0 bridgehead atoms. The number of hydrogen-bond donors (Lipinski definition) is 1. The largest absolute Gasteiger partial charge is 0.460 e. The van der Waals surface area contributed by atoms with E-state index < -0.39 is 11.5 Å². The molecule has 2 heterocycles. The van der Waals surface area contributed by atoms with Crippen LogP contribution in [0.1, 0.15) is 101 Å². The maximum atomic E-state index is 12.5. The molecule has 0 radical (unpaired) electrons. The van der Waals surface area contributed by atoms with Crippen LogP contribution < -0.4 is 5.73 Å². The van der Waals surface area contributed by atoms with E-state index in [1.165, 1.54) is 50.4 Å². The first-order valence-corrected chi connectivity index (χ1v) is 11.5. The highest BCUT2D eigenvalue weighted by Gasteiger charge is 2.27. The third-order valence-corrected chi connectivity index (χ3v) is 5.79. The minimum atomic E-state index is -0.553. The fourth-order valence-electron chi connectivity index (χ4n) is 4.24. The number of aromatic nitrogens is 3. The zero-order valence-corrected chi connectivity index (χ0v) is 19.3. The van der Waals surface area contributed by atoms with Crippen molar-refractivity contribution in [3.63, 3.8) is 0 Å². The van der Waals surface area contributed by atoms with Gasteiger partial charge in [0, 0.05) is 17.7 Å². The van der Waals surface area contributed by atoms with E-state index in [9.17, 15) is 9.59 Å². The van der Waals surface area contributed by atoms with Crippen LogP contribution in [-0.4, -0.2) is 32.6 Å². The van der Waals surface area contributed by atoms with Crippen LogP contribution in [0.25, 0.3) is 11.5 Å². The molecule has 1 aliphatic rings. The average Bonchev–Trinajstić information content (AvgIpc) is 3.23. The number of amides is 1. The number of primary amides is 1. The van der Waals surface area contributed by atoms with E-state index in [0.29, 0.717) is 17.1 Å². The minimum absolute atomic E-state index is 0.179. The molecular weight excluding hydrogens is 408 g/mol. The molecule has 2 aromatic rings. The Morgan fingerprint density at radius 1 is 1.25 bits per heavy atom. The number of hydrogen-bond acceptors (Lipinski definition) is 7. The molecule has 32 heavy (non-hydrogen) atoms. The smallest absolute Gasteiger partial charge is 0.307 e. The lowest BCUT2D eigenvalue weighted by Crippen LogP contribution is -2.25. The lowest BCUT2D eigenvalue weighted by Gasteiger charge is -2.23. The van der Waals surface area contributed by atoms with Gasteiger partial charge in [-0.2, -0.15) is 4.98 Å². The Morgan fingerprint density at radius 2 is 2.00 bits per heavy atom. The summed E-state index contributed by atoms with van der Waals surface area (Å²) in [7, 11) is 0. The van der Waals surface area contributed by atoms with Crippen LogP contribution >= 0.6 is 0 Å². The number of esters is 1. The lowest BCUT2D eigenvalue weighted by atomic mass is 9.84. The molecule has 2 N–H and O–H groups in total. The van der Waals surface area contributed by atoms with E-state index >= 15 is 0 Å². The normalized spacial score (nSPS) is 16.0. The molecule has 0 aliphatic heterocycles. The molecule has 8 nitrogen and oxygen atoms in total. The third kappa shape index (κ3) is 7.14. The molecule has 1 atom stereocenters. The Hall–Kier alpha value is -2.77. The summed E-state index contributed by atoms with van der Waals surface area (Å²) in [5, 5.41) is 4.03. The molecule has 0 spiro atoms. The van der Waals surface area contributed by atoms with E-state index in [0.717, 1.165) is 25.2 Å². The highest BCUT2D eigenvalue weighted by atomic mass is 16.6. The minimum Gasteiger partial charge on any atom is -0.460 e. The van der Waals surface area contributed by atoms with Crippen molar-refractivity contribution in [3.8, 4) is 11.5 Å². The van der Waals surface area contributed by atoms with Crippen LogP contribution in [0.2, 0.25) is 0 Å². The van der Waals surface area contributed by atoms with Crippen LogP contribution in [-0.2, 0) is 9.53 Å². The fourth-order valence-corrected chi connectivity index (χ4v) is 4.24. The van der Waals surface area contributed by atoms with Crippen LogP contribution in [0.4, 0.5) is 0 Å². The van der Waals surface area contributed by atoms with Gasteiger partial charge in [-0.15, -0.1) is 0 Å². The van der Waals surface area contributed by atoms with E-state index in [2.05, 4.69) is 15.1 Å². The van der Waals surface area contributed by atoms with Crippen LogP contribution in [0.3, 0.4) is 0 Å². The molecule has 1 aliphatic carbocycles. The zero-order chi connectivity index (χ0) is 23.1. The standard InChI is InChI=1S/C24H34N4O4/c1-24(2,3)31-20(29)15-18(11-7-10-16-8-5-4-6-9-16)23-27-22(28-32-23)19-14-17(21(25)30)12-13-26-19/h12-14,16,18H,4-11,15H2,1-3H3,(H2,25,30)/t18-/m1/s1. The summed E-state index contributed by atoms with van der Waals surface area (Å²) in [6.45, 7) is 5.56. The molecule has 8 heteroatoms. The van der Waals surface area contributed by atoms with Crippen molar-refractivity contribution < 1.29 is 18.8 Å². The van der Waals surface area contributed by atoms with Crippen LogP contribution in [0.15, 0.2) is 22.9 Å². The highest BCUT2D eigenvalue weighted by Crippen LogP contribution is 2.32. The van der Waals surface area contributed by atoms with Gasteiger partial charge in [-0.05, 0) is 45.2 Å². The Labute approximate surface area is 189 Å². The maximum absolute atomic E-state index is 12.5. The van der Waals surface area contributed by atoms with E-state index in [1.54, 1.807) is 0 Å². The van der Waals surface area contributed by atoms with Gasteiger partial charge in [0.25, 0.3) is 0 Å². The quantitative estimate of drug-likeness (QED) is 0.554. The van der Waals surface area contributed by atoms with Gasteiger partial charge in [0.15, 0.2) is 0 Å². The van der Waals surface area contributed by atoms with E-state index in [-0.39, 0.29) is 24.1 Å². The second kappa shape index (κ2) is 10.7. The number of pyridine rings is 1. The fraction of sp³-hybridized carbons (Fsp3) is 0.625. The predicted molar refractivity (Wildman–Crippen MR) is 120 cm³/mol. The van der Waals surface area contributed by atoms with Gasteiger partial charge in [-0.3, -0.25) is 14.6 Å². The summed E-state index contributed by atoms with van der Waals surface area (Å²) in [6, 6.07) is 3.06. The Bertz CT molecular complexity index is 913. The molecule has 0 aromatic carbocycles. The first-order valence-electron chi connectivity index (χ1n) is 11.5. The maximum Gasteiger partial charge on any atom is 0.307 e. The van der Waals surface area contributed by atoms with Gasteiger partial charge in [0.05, 0.1) is 6.42 Å². The van der Waals surface area contributed by atoms with Crippen molar-refractivity contribution in [1.82, 2.24) is 15.1 Å². The monoisotopic (exact) mass is 442 g/mol. The molecule has 1 fully saturated rings. The highest BCUT2D eigenvalue weighted by molar-refractivity contribution is 5.93. The topological polar surface area (TPSA) is 121 Å². The summed E-state index contributed by atoms with van der Waals surface area (Å²) in [5.74, 6) is 0.362. The zero-order valence-electron chi connectivity index (χ0n) is 19.3. The van der Waals surface area contributed by atoms with Gasteiger partial charge in [0.1, 0.15) is 11.3 Å². The van der Waals surface area contributed by atoms with Crippen molar-refractivity contribution in [2.45, 2.75) is 90.1 Å². The molecule has 3 rings (SSSR count). The van der Waals surface area contributed by atoms with Crippen LogP contribution in [0, 0.1) is 5.92 Å². The number of nitrogens with zero attached hydrogens (tertiary/aromatic N) is 3. The Kier molecular flexibility index (Phi) is 7.99. The molecule has 0 unspecified atom stereocenters. The van der Waals surface area contributed by atoms with Crippen molar-refractivity contribution in [2.24, 2.45) is 11.7 Å². The summed E-state index contributed by atoms with van der Waals surface area (Å²) >= 11 is 0. The molecule has 1 amide bonds. The summed E-state index contributed by atoms with van der Waals surface area (Å²) in [5.41, 5.74) is 5.52. The van der Waals surface area contributed by atoms with Crippen molar-refractivity contribution >= 4 is 11.9 Å². The van der Waals surface area contributed by atoms with Gasteiger partial charge in [-0.1, -0.05) is 50.1 Å². The van der Waals surface area contributed by atoms with Crippen molar-refractivity contribution in [1.29, 1.82) is 0 Å². The molecule has 0 saturated heterocycles. The summed E-state index contributed by atoms with van der Waals surface area (Å²) in [6.07, 6.45) is 11.1. The third-order valence-electron chi connectivity index (χ3n) is 5.79. The van der Waals surface area contributed by atoms with Crippen molar-refractivity contribution in [2.75, 3.05) is 0 Å². The number of ether oxygens (including phenoxy) is 1. The first-order chi connectivity index (χ1) is 15.2. The summed E-state index contributed by atoms with van der Waals surface area (Å²) in [4.78, 5) is 32.7. The SMILES string of the molecule is CC(C)(C)OC(=O)C[C@@H](CCCC1CCCCC1)c1nc(-c2cc(C(N)=O)ccn2)no1. The van der Waals surface area contributed by atoms with Crippen LogP contribution in [0.5, 0.6) is 0 Å². The molecule has 174 valence electrons. The molecule has 1 saturated carbocycles. The van der Waals surface area contributed by atoms with Crippen molar-refractivity contribution in [3.05, 3.63) is 29.8 Å². The van der Waals surface area contributed by atoms with Gasteiger partial charge in [0.2, 0.25) is 17.6 Å². The number of rotatable bonds is 9. The molecule has 2 aromatic heterocycles. The molecular formula is C24H34N4O4.